The number of nitrogens with zero attached hydrogens (tertiary/aromatic N) is 3. The molecule has 20 heavy (non-hydrogen) atoms. The largest absolute Gasteiger partial charge is 0.388 e. The van der Waals surface area contributed by atoms with Gasteiger partial charge in [-0.15, -0.1) is 0 Å². The number of thiocarbonyl (C=S) groups is 1. The molecule has 0 radical (unpaired) electrons. The van der Waals surface area contributed by atoms with Crippen LogP contribution in [0.4, 0.5) is 5.95 Å². The first-order chi connectivity index (χ1) is 9.58. The van der Waals surface area contributed by atoms with Crippen molar-refractivity contribution in [3.63, 3.8) is 0 Å². The predicted molar refractivity (Wildman–Crippen MR) is 83.2 cm³/mol. The molecule has 0 saturated heterocycles. The van der Waals surface area contributed by atoms with E-state index in [4.69, 9.17) is 27.4 Å². The van der Waals surface area contributed by atoms with Crippen LogP contribution in [0.2, 0.25) is 0 Å². The zero-order valence-electron chi connectivity index (χ0n) is 12.3. The highest BCUT2D eigenvalue weighted by atomic mass is 32.1. The number of nitrogens with two attached hydrogens (primary N) is 1. The summed E-state index contributed by atoms with van der Waals surface area (Å²) >= 11 is 4.99. The molecule has 0 amide bonds. The van der Waals surface area contributed by atoms with Crippen LogP contribution in [0, 0.1) is 6.92 Å². The van der Waals surface area contributed by atoms with Crippen molar-refractivity contribution in [3.8, 4) is 0 Å². The van der Waals surface area contributed by atoms with Crippen molar-refractivity contribution in [3.05, 3.63) is 17.5 Å². The number of ether oxygens (including phenoxy) is 2. The Labute approximate surface area is 125 Å². The molecular formula is C13H22N4O2S. The van der Waals surface area contributed by atoms with Crippen LogP contribution in [-0.4, -0.2) is 55.5 Å². The Morgan fingerprint density at radius 2 is 1.95 bits per heavy atom. The third-order valence-corrected chi connectivity index (χ3v) is 2.93. The lowest BCUT2D eigenvalue weighted by Gasteiger charge is -2.23. The molecule has 0 spiro atoms. The van der Waals surface area contributed by atoms with Crippen LogP contribution in [0.3, 0.4) is 0 Å². The van der Waals surface area contributed by atoms with Crippen LogP contribution in [0.25, 0.3) is 0 Å². The summed E-state index contributed by atoms with van der Waals surface area (Å²) in [6.07, 6.45) is 0.889. The fourth-order valence-corrected chi connectivity index (χ4v) is 1.84. The van der Waals surface area contributed by atoms with Gasteiger partial charge in [0.25, 0.3) is 0 Å². The lowest BCUT2D eigenvalue weighted by Crippen LogP contribution is -2.31. The van der Waals surface area contributed by atoms with E-state index in [0.717, 1.165) is 18.7 Å². The van der Waals surface area contributed by atoms with Gasteiger partial charge in [0, 0.05) is 39.6 Å². The van der Waals surface area contributed by atoms with Crippen LogP contribution >= 0.6 is 12.2 Å². The summed E-state index contributed by atoms with van der Waals surface area (Å²) in [5, 5.41) is 0. The van der Waals surface area contributed by atoms with Crippen molar-refractivity contribution in [2.24, 2.45) is 5.73 Å². The summed E-state index contributed by atoms with van der Waals surface area (Å²) in [7, 11) is 3.36. The Hall–Kier alpha value is -1.31. The van der Waals surface area contributed by atoms with Gasteiger partial charge in [-0.25, -0.2) is 9.97 Å². The maximum absolute atomic E-state index is 5.65. The number of rotatable bonds is 9. The second-order valence-corrected chi connectivity index (χ2v) is 4.82. The molecule has 0 saturated carbocycles. The lowest BCUT2D eigenvalue weighted by molar-refractivity contribution is 0.190. The molecule has 1 aromatic rings. The van der Waals surface area contributed by atoms with Crippen molar-refractivity contribution < 1.29 is 9.47 Å². The monoisotopic (exact) mass is 298 g/mol. The zero-order chi connectivity index (χ0) is 15.0. The van der Waals surface area contributed by atoms with Crippen molar-refractivity contribution in [2.45, 2.75) is 13.3 Å². The predicted octanol–water partition coefficient (Wildman–Crippen LogP) is 0.909. The van der Waals surface area contributed by atoms with Crippen molar-refractivity contribution in [1.29, 1.82) is 0 Å². The molecule has 7 heteroatoms. The van der Waals surface area contributed by atoms with Crippen LogP contribution in [0.15, 0.2) is 6.07 Å². The first kappa shape index (κ1) is 16.7. The van der Waals surface area contributed by atoms with E-state index in [9.17, 15) is 0 Å². The van der Waals surface area contributed by atoms with Gasteiger partial charge >= 0.3 is 0 Å². The molecule has 0 aliphatic rings. The summed E-state index contributed by atoms with van der Waals surface area (Å²) in [6.45, 7) is 4.69. The summed E-state index contributed by atoms with van der Waals surface area (Å²) in [6, 6.07) is 1.79. The molecule has 2 N–H and O–H groups in total. The first-order valence-electron chi connectivity index (χ1n) is 6.46. The second-order valence-electron chi connectivity index (χ2n) is 4.39. The van der Waals surface area contributed by atoms with E-state index in [0.29, 0.717) is 31.4 Å². The number of aryl methyl sites for hydroxylation is 1. The Kier molecular flexibility index (Phi) is 7.35. The average Bonchev–Trinajstić information content (AvgIpc) is 2.42. The van der Waals surface area contributed by atoms with E-state index in [-0.39, 0.29) is 4.99 Å². The Morgan fingerprint density at radius 1 is 1.25 bits per heavy atom. The lowest BCUT2D eigenvalue weighted by atomic mass is 10.3. The van der Waals surface area contributed by atoms with E-state index in [1.54, 1.807) is 20.3 Å². The molecule has 0 aliphatic heterocycles. The molecule has 6 nitrogen and oxygen atoms in total. The van der Waals surface area contributed by atoms with E-state index in [1.165, 1.54) is 0 Å². The molecule has 0 atom stereocenters. The molecule has 0 bridgehead atoms. The quantitative estimate of drug-likeness (QED) is 0.536. The van der Waals surface area contributed by atoms with Gasteiger partial charge in [-0.2, -0.15) is 0 Å². The number of hydrogen-bond donors (Lipinski definition) is 1. The highest BCUT2D eigenvalue weighted by Gasteiger charge is 2.12. The number of methoxy groups -OCH3 is 2. The Bertz CT molecular complexity index is 442. The number of anilines is 1. The maximum atomic E-state index is 5.65. The van der Waals surface area contributed by atoms with Crippen LogP contribution in [-0.2, 0) is 9.47 Å². The number of aromatic nitrogens is 2. The fraction of sp³-hybridized carbons (Fsp3) is 0.615. The third-order valence-electron chi connectivity index (χ3n) is 2.72. The second kappa shape index (κ2) is 8.78. The van der Waals surface area contributed by atoms with Gasteiger partial charge in [0.15, 0.2) is 0 Å². The van der Waals surface area contributed by atoms with Crippen molar-refractivity contribution in [1.82, 2.24) is 9.97 Å². The van der Waals surface area contributed by atoms with Gasteiger partial charge in [0.1, 0.15) is 10.7 Å². The van der Waals surface area contributed by atoms with Gasteiger partial charge < -0.3 is 20.1 Å². The number of hydrogen-bond acceptors (Lipinski definition) is 6. The molecular weight excluding hydrogens is 276 g/mol. The minimum Gasteiger partial charge on any atom is -0.388 e. The van der Waals surface area contributed by atoms with Gasteiger partial charge in [0.2, 0.25) is 5.95 Å². The highest BCUT2D eigenvalue weighted by molar-refractivity contribution is 7.80. The molecule has 0 fully saturated rings. The standard InChI is InChI=1S/C13H22N4O2S/c1-10-9-11(12(14)20)16-13(15-10)17(6-8-19-3)5-4-7-18-2/h9H,4-8H2,1-3H3,(H2,14,20). The minimum atomic E-state index is 0.278. The fourth-order valence-electron chi connectivity index (χ4n) is 1.73. The van der Waals surface area contributed by atoms with Crippen LogP contribution < -0.4 is 10.6 Å². The molecule has 112 valence electrons. The highest BCUT2D eigenvalue weighted by Crippen LogP contribution is 2.11. The van der Waals surface area contributed by atoms with Gasteiger partial charge in [-0.3, -0.25) is 0 Å². The molecule has 1 aromatic heterocycles. The maximum Gasteiger partial charge on any atom is 0.226 e. The zero-order valence-corrected chi connectivity index (χ0v) is 13.1. The Morgan fingerprint density at radius 3 is 2.55 bits per heavy atom. The summed E-state index contributed by atoms with van der Waals surface area (Å²) in [5.74, 6) is 0.626. The summed E-state index contributed by atoms with van der Waals surface area (Å²) in [4.78, 5) is 11.2. The normalized spacial score (nSPS) is 10.6. The SMILES string of the molecule is COCCCN(CCOC)c1nc(C)cc(C(N)=S)n1. The van der Waals surface area contributed by atoms with E-state index >= 15 is 0 Å². The topological polar surface area (TPSA) is 73.5 Å². The van der Waals surface area contributed by atoms with Gasteiger partial charge in [-0.1, -0.05) is 12.2 Å². The third kappa shape index (κ3) is 5.36. The van der Waals surface area contributed by atoms with Crippen molar-refractivity contribution >= 4 is 23.2 Å². The van der Waals surface area contributed by atoms with Gasteiger partial charge in [0.05, 0.1) is 6.61 Å². The molecule has 1 rings (SSSR count). The molecule has 0 aromatic carbocycles. The minimum absolute atomic E-state index is 0.278. The van der Waals surface area contributed by atoms with Crippen LogP contribution in [0.5, 0.6) is 0 Å². The van der Waals surface area contributed by atoms with Gasteiger partial charge in [-0.05, 0) is 19.4 Å². The molecule has 1 heterocycles. The van der Waals surface area contributed by atoms with E-state index in [2.05, 4.69) is 14.9 Å². The summed E-state index contributed by atoms with van der Waals surface area (Å²) < 4.78 is 10.2. The Balaban J connectivity index is 2.90. The summed E-state index contributed by atoms with van der Waals surface area (Å²) in [5.41, 5.74) is 7.09. The van der Waals surface area contributed by atoms with Crippen LogP contribution in [0.1, 0.15) is 17.8 Å². The molecule has 0 unspecified atom stereocenters. The first-order valence-corrected chi connectivity index (χ1v) is 6.87. The smallest absolute Gasteiger partial charge is 0.226 e. The average molecular weight is 298 g/mol. The van der Waals surface area contributed by atoms with Crippen molar-refractivity contribution in [2.75, 3.05) is 45.4 Å². The molecule has 0 aliphatic carbocycles. The van der Waals surface area contributed by atoms with E-state index < -0.39 is 0 Å². The van der Waals surface area contributed by atoms with E-state index in [1.807, 2.05) is 6.92 Å².